The number of fused-ring (bicyclic) bond motifs is 3. The zero-order chi connectivity index (χ0) is 21.5. The molecule has 3 aromatic carbocycles. The van der Waals surface area contributed by atoms with E-state index in [0.29, 0.717) is 17.7 Å². The van der Waals surface area contributed by atoms with Crippen LogP contribution in [0, 0.1) is 0 Å². The third-order valence-corrected chi connectivity index (χ3v) is 5.51. The summed E-state index contributed by atoms with van der Waals surface area (Å²) in [7, 11) is 0. The van der Waals surface area contributed by atoms with Crippen molar-refractivity contribution in [2.75, 3.05) is 0 Å². The van der Waals surface area contributed by atoms with Crippen LogP contribution in [0.4, 0.5) is 0 Å². The molecule has 6 heteroatoms. The molecule has 2 aromatic heterocycles. The quantitative estimate of drug-likeness (QED) is 0.452. The SMILES string of the molecule is NC(=O)c1cccc(Cn2c3cc(-c4ccco4)ccc3c3c(C(N)=O)cccc32)c1. The van der Waals surface area contributed by atoms with Crippen LogP contribution in [-0.4, -0.2) is 16.4 Å². The summed E-state index contributed by atoms with van der Waals surface area (Å²) in [4.78, 5) is 23.8. The first-order valence-corrected chi connectivity index (χ1v) is 9.80. The Kier molecular flexibility index (Phi) is 4.33. The maximum Gasteiger partial charge on any atom is 0.249 e. The number of benzene rings is 3. The molecule has 0 bridgehead atoms. The van der Waals surface area contributed by atoms with Gasteiger partial charge in [-0.15, -0.1) is 0 Å². The minimum absolute atomic E-state index is 0.451. The van der Waals surface area contributed by atoms with Crippen molar-refractivity contribution in [1.82, 2.24) is 4.57 Å². The Morgan fingerprint density at radius 1 is 0.839 bits per heavy atom. The lowest BCUT2D eigenvalue weighted by Crippen LogP contribution is -2.12. The van der Waals surface area contributed by atoms with Gasteiger partial charge in [0.25, 0.3) is 0 Å². The predicted molar refractivity (Wildman–Crippen MR) is 120 cm³/mol. The Hall–Kier alpha value is -4.32. The lowest BCUT2D eigenvalue weighted by molar-refractivity contribution is 0.0992. The molecule has 5 rings (SSSR count). The maximum absolute atomic E-state index is 12.1. The fourth-order valence-electron chi connectivity index (χ4n) is 4.12. The van der Waals surface area contributed by atoms with Gasteiger partial charge in [-0.1, -0.05) is 30.3 Å². The normalized spacial score (nSPS) is 11.2. The highest BCUT2D eigenvalue weighted by Gasteiger charge is 2.18. The zero-order valence-electron chi connectivity index (χ0n) is 16.5. The number of furan rings is 1. The highest BCUT2D eigenvalue weighted by molar-refractivity contribution is 6.18. The Morgan fingerprint density at radius 3 is 2.42 bits per heavy atom. The van der Waals surface area contributed by atoms with Crippen molar-refractivity contribution < 1.29 is 14.0 Å². The van der Waals surface area contributed by atoms with Gasteiger partial charge in [0.15, 0.2) is 0 Å². The van der Waals surface area contributed by atoms with E-state index in [-0.39, 0.29) is 0 Å². The van der Waals surface area contributed by atoms with E-state index < -0.39 is 11.8 Å². The van der Waals surface area contributed by atoms with Crippen molar-refractivity contribution in [2.45, 2.75) is 6.54 Å². The maximum atomic E-state index is 12.1. The lowest BCUT2D eigenvalue weighted by atomic mass is 10.0. The van der Waals surface area contributed by atoms with Crippen LogP contribution in [0.2, 0.25) is 0 Å². The van der Waals surface area contributed by atoms with E-state index in [9.17, 15) is 9.59 Å². The third kappa shape index (κ3) is 3.14. The molecule has 0 atom stereocenters. The number of hydrogen-bond donors (Lipinski definition) is 2. The summed E-state index contributed by atoms with van der Waals surface area (Å²) < 4.78 is 7.68. The standard InChI is InChI=1S/C25H19N3O3/c26-24(29)17-5-1-4-15(12-17)14-28-20-7-2-6-19(25(27)30)23(20)18-10-9-16(13-21(18)28)22-8-3-11-31-22/h1-13H,14H2,(H2,26,29)(H2,27,30). The first-order chi connectivity index (χ1) is 15.0. The molecule has 0 aliphatic heterocycles. The monoisotopic (exact) mass is 409 g/mol. The van der Waals surface area contributed by atoms with Crippen molar-refractivity contribution in [1.29, 1.82) is 0 Å². The molecule has 0 fully saturated rings. The minimum Gasteiger partial charge on any atom is -0.464 e. The predicted octanol–water partition coefficient (Wildman–Crippen LogP) is 4.30. The van der Waals surface area contributed by atoms with E-state index in [1.54, 1.807) is 24.5 Å². The van der Waals surface area contributed by atoms with Crippen molar-refractivity contribution in [2.24, 2.45) is 11.5 Å². The van der Waals surface area contributed by atoms with Crippen LogP contribution in [0.15, 0.2) is 83.5 Å². The van der Waals surface area contributed by atoms with Crippen LogP contribution in [0.25, 0.3) is 33.1 Å². The fourth-order valence-corrected chi connectivity index (χ4v) is 4.12. The van der Waals surface area contributed by atoms with Gasteiger partial charge in [0.05, 0.1) is 17.3 Å². The highest BCUT2D eigenvalue weighted by Crippen LogP contribution is 2.35. The van der Waals surface area contributed by atoms with E-state index >= 15 is 0 Å². The molecule has 0 saturated heterocycles. The van der Waals surface area contributed by atoms with Crippen LogP contribution in [0.3, 0.4) is 0 Å². The van der Waals surface area contributed by atoms with Gasteiger partial charge in [0.1, 0.15) is 5.76 Å². The second-order valence-electron chi connectivity index (χ2n) is 7.42. The lowest BCUT2D eigenvalue weighted by Gasteiger charge is -2.10. The molecule has 2 amide bonds. The first kappa shape index (κ1) is 18.7. The van der Waals surface area contributed by atoms with Crippen molar-refractivity contribution in [3.63, 3.8) is 0 Å². The van der Waals surface area contributed by atoms with Gasteiger partial charge >= 0.3 is 0 Å². The number of carbonyl (C=O) groups excluding carboxylic acids is 2. The summed E-state index contributed by atoms with van der Waals surface area (Å²) >= 11 is 0. The summed E-state index contributed by atoms with van der Waals surface area (Å²) in [6.07, 6.45) is 1.63. The minimum atomic E-state index is -0.476. The molecular formula is C25H19N3O3. The van der Waals surface area contributed by atoms with Crippen LogP contribution < -0.4 is 11.5 Å². The molecule has 6 nitrogen and oxygen atoms in total. The van der Waals surface area contributed by atoms with Crippen molar-refractivity contribution in [3.8, 4) is 11.3 Å². The smallest absolute Gasteiger partial charge is 0.249 e. The summed E-state index contributed by atoms with van der Waals surface area (Å²) in [6.45, 7) is 0.491. The molecule has 2 heterocycles. The summed E-state index contributed by atoms with van der Waals surface area (Å²) in [5, 5.41) is 1.73. The molecule has 5 aromatic rings. The molecule has 0 aliphatic carbocycles. The summed E-state index contributed by atoms with van der Waals surface area (Å²) in [5.41, 5.74) is 15.7. The number of nitrogens with two attached hydrogens (primary N) is 2. The first-order valence-electron chi connectivity index (χ1n) is 9.80. The van der Waals surface area contributed by atoms with Gasteiger partial charge in [0.2, 0.25) is 11.8 Å². The average Bonchev–Trinajstić information content (AvgIpc) is 3.41. The number of aromatic nitrogens is 1. The number of hydrogen-bond acceptors (Lipinski definition) is 3. The van der Waals surface area contributed by atoms with E-state index in [4.69, 9.17) is 15.9 Å². The third-order valence-electron chi connectivity index (χ3n) is 5.51. The molecule has 0 radical (unpaired) electrons. The van der Waals surface area contributed by atoms with Gasteiger partial charge in [0, 0.05) is 34.0 Å². The average molecular weight is 409 g/mol. The second kappa shape index (κ2) is 7.18. The van der Waals surface area contributed by atoms with Crippen molar-refractivity contribution in [3.05, 3.63) is 95.7 Å². The topological polar surface area (TPSA) is 104 Å². The largest absolute Gasteiger partial charge is 0.464 e. The van der Waals surface area contributed by atoms with E-state index in [2.05, 4.69) is 4.57 Å². The van der Waals surface area contributed by atoms with Gasteiger partial charge < -0.3 is 20.5 Å². The molecule has 152 valence electrons. The molecular weight excluding hydrogens is 390 g/mol. The van der Waals surface area contributed by atoms with Gasteiger partial charge in [-0.05, 0) is 48.0 Å². The molecule has 0 spiro atoms. The van der Waals surface area contributed by atoms with Crippen LogP contribution in [0.1, 0.15) is 26.3 Å². The Balaban J connectivity index is 1.79. The van der Waals surface area contributed by atoms with E-state index in [1.165, 1.54) is 0 Å². The van der Waals surface area contributed by atoms with Crippen LogP contribution in [-0.2, 0) is 6.54 Å². The Labute approximate surface area is 177 Å². The summed E-state index contributed by atoms with van der Waals surface area (Å²) in [6, 6.07) is 22.5. The van der Waals surface area contributed by atoms with Crippen LogP contribution >= 0.6 is 0 Å². The van der Waals surface area contributed by atoms with E-state index in [0.717, 1.165) is 38.7 Å². The van der Waals surface area contributed by atoms with Gasteiger partial charge in [-0.3, -0.25) is 9.59 Å². The fraction of sp³-hybridized carbons (Fsp3) is 0.0400. The van der Waals surface area contributed by atoms with E-state index in [1.807, 2.05) is 54.6 Å². The molecule has 0 unspecified atom stereocenters. The van der Waals surface area contributed by atoms with Crippen molar-refractivity contribution >= 4 is 33.6 Å². The summed E-state index contributed by atoms with van der Waals surface area (Å²) in [5.74, 6) is -0.194. The van der Waals surface area contributed by atoms with Crippen LogP contribution in [0.5, 0.6) is 0 Å². The Morgan fingerprint density at radius 2 is 1.68 bits per heavy atom. The molecule has 4 N–H and O–H groups in total. The molecule has 0 saturated carbocycles. The second-order valence-corrected chi connectivity index (χ2v) is 7.42. The van der Waals surface area contributed by atoms with Gasteiger partial charge in [-0.2, -0.15) is 0 Å². The molecule has 0 aliphatic rings. The van der Waals surface area contributed by atoms with Gasteiger partial charge in [-0.25, -0.2) is 0 Å². The number of rotatable bonds is 5. The highest BCUT2D eigenvalue weighted by atomic mass is 16.3. The number of primary amides is 2. The number of amides is 2. The Bertz CT molecular complexity index is 1460. The molecule has 31 heavy (non-hydrogen) atoms. The zero-order valence-corrected chi connectivity index (χ0v) is 16.5. The number of carbonyl (C=O) groups is 2. The number of nitrogens with zero attached hydrogens (tertiary/aromatic N) is 1.